The number of carbonyl (C=O) groups is 2. The van der Waals surface area contributed by atoms with E-state index in [9.17, 15) is 31.9 Å². The summed E-state index contributed by atoms with van der Waals surface area (Å²) >= 11 is 2.63. The standard InChI is InChI=1S/C26H18F4N2O3S2/c27-12-6-4-10(5-7-12)16-17-14-9-15(20(17)36-22-21(16)37-25(35)31-22)19-18(14)23(33)32(24(19)34)13-3-1-2-11(8-13)26(28,29)30/h1-8,14-20H,9H2,(H,31,35)/t14-,15+,16+,17+,18-,19+,20-/m1/s1. The number of amides is 2. The lowest BCUT2D eigenvalue weighted by molar-refractivity contribution is -0.137. The van der Waals surface area contributed by atoms with E-state index in [-0.39, 0.29) is 45.3 Å². The average Bonchev–Trinajstić information content (AvgIpc) is 3.58. The van der Waals surface area contributed by atoms with E-state index >= 15 is 0 Å². The molecule has 1 saturated heterocycles. The lowest BCUT2D eigenvalue weighted by atomic mass is 9.68. The Morgan fingerprint density at radius 1 is 0.946 bits per heavy atom. The van der Waals surface area contributed by atoms with Crippen LogP contribution in [0.15, 0.2) is 58.4 Å². The van der Waals surface area contributed by atoms with Crippen molar-refractivity contribution in [1.29, 1.82) is 0 Å². The molecular weight excluding hydrogens is 528 g/mol. The number of H-pyrrole nitrogens is 1. The number of benzene rings is 2. The Balaban J connectivity index is 1.30. The summed E-state index contributed by atoms with van der Waals surface area (Å²) in [5.41, 5.74) is -0.142. The number of rotatable bonds is 2. The highest BCUT2D eigenvalue weighted by atomic mass is 32.2. The van der Waals surface area contributed by atoms with Crippen LogP contribution in [-0.2, 0) is 15.8 Å². The molecule has 2 aliphatic carbocycles. The molecule has 0 unspecified atom stereocenters. The summed E-state index contributed by atoms with van der Waals surface area (Å²) in [4.78, 5) is 44.0. The number of fused-ring (bicyclic) bond motifs is 9. The smallest absolute Gasteiger partial charge is 0.307 e. The number of aromatic amines is 1. The first kappa shape index (κ1) is 23.2. The topological polar surface area (TPSA) is 70.2 Å². The fourth-order valence-electron chi connectivity index (χ4n) is 7.14. The third-order valence-corrected chi connectivity index (χ3v) is 11.0. The van der Waals surface area contributed by atoms with Gasteiger partial charge < -0.3 is 4.98 Å². The number of hydrogen-bond donors (Lipinski definition) is 1. The maximum atomic E-state index is 13.7. The van der Waals surface area contributed by atoms with Gasteiger partial charge >= 0.3 is 11.0 Å². The molecule has 5 nitrogen and oxygen atoms in total. The van der Waals surface area contributed by atoms with Crippen LogP contribution in [-0.4, -0.2) is 22.0 Å². The minimum Gasteiger partial charge on any atom is -0.307 e. The summed E-state index contributed by atoms with van der Waals surface area (Å²) in [6.45, 7) is 0. The number of carbonyl (C=O) groups excluding carboxylic acids is 2. The lowest BCUT2D eigenvalue weighted by Gasteiger charge is -2.43. The third kappa shape index (κ3) is 3.26. The zero-order chi connectivity index (χ0) is 25.8. The largest absolute Gasteiger partial charge is 0.416 e. The van der Waals surface area contributed by atoms with Gasteiger partial charge in [-0.3, -0.25) is 19.3 Å². The summed E-state index contributed by atoms with van der Waals surface area (Å²) in [6, 6.07) is 10.5. The molecule has 11 heteroatoms. The Hall–Kier alpha value is -2.92. The Kier molecular flexibility index (Phi) is 4.89. The minimum absolute atomic E-state index is 0.0581. The summed E-state index contributed by atoms with van der Waals surface area (Å²) < 4.78 is 53.7. The van der Waals surface area contributed by atoms with E-state index in [1.54, 1.807) is 12.1 Å². The van der Waals surface area contributed by atoms with Crippen LogP contribution in [0.3, 0.4) is 0 Å². The van der Waals surface area contributed by atoms with E-state index in [2.05, 4.69) is 4.98 Å². The number of nitrogens with zero attached hydrogens (tertiary/aromatic N) is 1. The van der Waals surface area contributed by atoms with Crippen LogP contribution in [0.2, 0.25) is 0 Å². The minimum atomic E-state index is -4.60. The van der Waals surface area contributed by atoms with Crippen LogP contribution in [0.4, 0.5) is 23.2 Å². The van der Waals surface area contributed by atoms with Gasteiger partial charge in [-0.25, -0.2) is 4.39 Å². The van der Waals surface area contributed by atoms with Crippen LogP contribution in [0, 0.1) is 35.4 Å². The molecule has 1 N–H and O–H groups in total. The number of halogens is 4. The van der Waals surface area contributed by atoms with E-state index in [0.717, 1.165) is 43.8 Å². The zero-order valence-corrected chi connectivity index (χ0v) is 20.5. The van der Waals surface area contributed by atoms with E-state index in [1.807, 2.05) is 0 Å². The lowest BCUT2D eigenvalue weighted by Crippen LogP contribution is -2.42. The third-order valence-electron chi connectivity index (χ3n) is 8.38. The summed E-state index contributed by atoms with van der Waals surface area (Å²) in [6.07, 6.45) is -3.94. The van der Waals surface area contributed by atoms with Crippen molar-refractivity contribution in [3.8, 4) is 0 Å². The summed E-state index contributed by atoms with van der Waals surface area (Å²) in [7, 11) is 0. The molecule has 37 heavy (non-hydrogen) atoms. The van der Waals surface area contributed by atoms with Crippen molar-refractivity contribution in [2.45, 2.75) is 28.8 Å². The summed E-state index contributed by atoms with van der Waals surface area (Å²) in [5.74, 6) is -3.19. The molecular formula is C26H18F4N2O3S2. The van der Waals surface area contributed by atoms with Crippen LogP contribution < -0.4 is 9.77 Å². The van der Waals surface area contributed by atoms with Gasteiger partial charge in [0, 0.05) is 16.0 Å². The van der Waals surface area contributed by atoms with Crippen LogP contribution in [0.25, 0.3) is 0 Å². The van der Waals surface area contributed by atoms with Crippen molar-refractivity contribution in [3.63, 3.8) is 0 Å². The van der Waals surface area contributed by atoms with Crippen molar-refractivity contribution in [2.24, 2.45) is 29.6 Å². The van der Waals surface area contributed by atoms with E-state index in [0.29, 0.717) is 6.42 Å². The number of hydrogen-bond acceptors (Lipinski definition) is 5. The first-order chi connectivity index (χ1) is 17.6. The van der Waals surface area contributed by atoms with Gasteiger partial charge in [0.25, 0.3) is 0 Å². The van der Waals surface area contributed by atoms with Gasteiger partial charge in [0.2, 0.25) is 11.8 Å². The molecule has 2 amide bonds. The molecule has 4 aliphatic rings. The fourth-order valence-corrected chi connectivity index (χ4v) is 10.0. The highest BCUT2D eigenvalue weighted by Gasteiger charge is 2.69. The molecule has 2 aromatic carbocycles. The molecule has 3 heterocycles. The molecule has 2 bridgehead atoms. The van der Waals surface area contributed by atoms with E-state index < -0.39 is 35.4 Å². The van der Waals surface area contributed by atoms with Gasteiger partial charge in [-0.1, -0.05) is 29.5 Å². The Morgan fingerprint density at radius 3 is 2.35 bits per heavy atom. The quantitative estimate of drug-likeness (QED) is 0.351. The van der Waals surface area contributed by atoms with Gasteiger partial charge in [0.05, 0.1) is 28.1 Å². The number of imide groups is 1. The number of thiazole rings is 1. The van der Waals surface area contributed by atoms with Crippen LogP contribution >= 0.6 is 23.1 Å². The Morgan fingerprint density at radius 2 is 1.65 bits per heavy atom. The molecule has 2 aliphatic heterocycles. The van der Waals surface area contributed by atoms with Crippen molar-refractivity contribution in [3.05, 3.63) is 80.0 Å². The monoisotopic (exact) mass is 546 g/mol. The van der Waals surface area contributed by atoms with Crippen LogP contribution in [0.1, 0.15) is 28.3 Å². The normalized spacial score (nSPS) is 32.0. The second kappa shape index (κ2) is 7.80. The Bertz CT molecular complexity index is 1510. The maximum Gasteiger partial charge on any atom is 0.416 e. The predicted molar refractivity (Wildman–Crippen MR) is 129 cm³/mol. The first-order valence-corrected chi connectivity index (χ1v) is 13.5. The van der Waals surface area contributed by atoms with Crippen molar-refractivity contribution >= 4 is 40.6 Å². The molecule has 3 fully saturated rings. The molecule has 7 rings (SSSR count). The zero-order valence-electron chi connectivity index (χ0n) is 18.9. The fraction of sp³-hybridized carbons (Fsp3) is 0.346. The number of thioether (sulfide) groups is 1. The van der Waals surface area contributed by atoms with Gasteiger partial charge in [-0.05, 0) is 60.1 Å². The van der Waals surface area contributed by atoms with Crippen molar-refractivity contribution in [1.82, 2.24) is 4.98 Å². The molecule has 3 aromatic rings. The molecule has 190 valence electrons. The van der Waals surface area contributed by atoms with Gasteiger partial charge in [0.15, 0.2) is 0 Å². The van der Waals surface area contributed by atoms with Crippen molar-refractivity contribution in [2.75, 3.05) is 4.90 Å². The highest BCUT2D eigenvalue weighted by Crippen LogP contribution is 2.68. The van der Waals surface area contributed by atoms with Gasteiger partial charge in [-0.2, -0.15) is 13.2 Å². The molecule has 0 radical (unpaired) electrons. The van der Waals surface area contributed by atoms with Gasteiger partial charge in [0.1, 0.15) is 5.82 Å². The van der Waals surface area contributed by atoms with Crippen molar-refractivity contribution < 1.29 is 27.2 Å². The molecule has 1 aromatic heterocycles. The predicted octanol–water partition coefficient (Wildman–Crippen LogP) is 5.27. The van der Waals surface area contributed by atoms with Gasteiger partial charge in [-0.15, -0.1) is 11.8 Å². The van der Waals surface area contributed by atoms with Crippen LogP contribution in [0.5, 0.6) is 0 Å². The second-order valence-corrected chi connectivity index (χ2v) is 12.3. The first-order valence-electron chi connectivity index (χ1n) is 11.8. The SMILES string of the molecule is O=C1[C@@H]2[C@@H]3C[C@H]([C@H]4Sc5[nH]c(=O)sc5[C@@H](c5ccc(F)cc5)[C@H]34)[C@@H]2C(=O)N1c1cccc(C(F)(F)F)c1. The molecule has 0 spiro atoms. The number of anilines is 1. The average molecular weight is 547 g/mol. The number of aromatic nitrogens is 1. The highest BCUT2D eigenvalue weighted by molar-refractivity contribution is 8.00. The molecule has 2 saturated carbocycles. The van der Waals surface area contributed by atoms with E-state index in [4.69, 9.17) is 0 Å². The van der Waals surface area contributed by atoms with E-state index in [1.165, 1.54) is 36.0 Å². The Labute approximate surface area is 215 Å². The molecule has 7 atom stereocenters. The number of alkyl halides is 3. The summed E-state index contributed by atoms with van der Waals surface area (Å²) in [5, 5.41) is 0.679. The maximum absolute atomic E-state index is 13.7. The second-order valence-electron chi connectivity index (χ2n) is 10.1. The number of nitrogens with one attached hydrogen (secondary N) is 1.